The summed E-state index contributed by atoms with van der Waals surface area (Å²) in [5.41, 5.74) is 4.50. The summed E-state index contributed by atoms with van der Waals surface area (Å²) in [7, 11) is 0. The van der Waals surface area contributed by atoms with E-state index in [9.17, 15) is 4.79 Å². The first kappa shape index (κ1) is 11.5. The van der Waals surface area contributed by atoms with Gasteiger partial charge in [0.25, 0.3) is 0 Å². The summed E-state index contributed by atoms with van der Waals surface area (Å²) in [6.07, 6.45) is 1.64. The number of pyridine rings is 1. The van der Waals surface area contributed by atoms with Crippen molar-refractivity contribution in [2.75, 3.05) is 0 Å². The van der Waals surface area contributed by atoms with E-state index in [0.717, 1.165) is 22.4 Å². The topological polar surface area (TPSA) is 30.0 Å². The molecule has 0 radical (unpaired) electrons. The van der Waals surface area contributed by atoms with E-state index in [4.69, 9.17) is 0 Å². The fourth-order valence-corrected chi connectivity index (χ4v) is 1.75. The fraction of sp³-hybridized carbons (Fsp3) is 0.200. The standard InChI is InChI=1S/C15H15NO/c1-10-5-4-6-14(12(10)3)15(17)13-8-7-11(2)16-9-13/h4-9H,1-3H3. The normalized spacial score (nSPS) is 10.3. The van der Waals surface area contributed by atoms with E-state index >= 15 is 0 Å². The molecule has 0 N–H and O–H groups in total. The van der Waals surface area contributed by atoms with E-state index in [0.29, 0.717) is 5.56 Å². The Balaban J connectivity index is 2.44. The predicted molar refractivity (Wildman–Crippen MR) is 68.3 cm³/mol. The second-order valence-corrected chi connectivity index (χ2v) is 4.26. The van der Waals surface area contributed by atoms with Gasteiger partial charge in [-0.1, -0.05) is 18.2 Å². The van der Waals surface area contributed by atoms with Crippen molar-refractivity contribution in [3.05, 3.63) is 64.5 Å². The highest BCUT2D eigenvalue weighted by molar-refractivity contribution is 6.09. The number of hydrogen-bond acceptors (Lipinski definition) is 2. The first-order valence-corrected chi connectivity index (χ1v) is 5.63. The molecule has 0 aliphatic carbocycles. The molecule has 0 fully saturated rings. The van der Waals surface area contributed by atoms with Gasteiger partial charge in [0, 0.05) is 23.0 Å². The van der Waals surface area contributed by atoms with Gasteiger partial charge in [0.1, 0.15) is 0 Å². The molecule has 0 atom stereocenters. The minimum Gasteiger partial charge on any atom is -0.289 e. The molecule has 86 valence electrons. The van der Waals surface area contributed by atoms with Crippen molar-refractivity contribution in [2.24, 2.45) is 0 Å². The zero-order valence-corrected chi connectivity index (χ0v) is 10.3. The molecule has 0 saturated carbocycles. The highest BCUT2D eigenvalue weighted by Crippen LogP contribution is 2.16. The average Bonchev–Trinajstić information content (AvgIpc) is 2.33. The second kappa shape index (κ2) is 4.50. The maximum absolute atomic E-state index is 12.3. The number of carbonyl (C=O) groups is 1. The number of carbonyl (C=O) groups excluding carboxylic acids is 1. The third-order valence-electron chi connectivity index (χ3n) is 3.02. The van der Waals surface area contributed by atoms with Crippen molar-refractivity contribution in [1.82, 2.24) is 4.98 Å². The van der Waals surface area contributed by atoms with Crippen LogP contribution in [0.5, 0.6) is 0 Å². The highest BCUT2D eigenvalue weighted by atomic mass is 16.1. The Morgan fingerprint density at radius 1 is 1.06 bits per heavy atom. The maximum Gasteiger partial charge on any atom is 0.194 e. The maximum atomic E-state index is 12.3. The third kappa shape index (κ3) is 2.26. The van der Waals surface area contributed by atoms with Crippen LogP contribution in [0.2, 0.25) is 0 Å². The molecule has 1 aromatic carbocycles. The average molecular weight is 225 g/mol. The molecular formula is C15H15NO. The molecule has 2 aromatic rings. The molecule has 2 rings (SSSR count). The van der Waals surface area contributed by atoms with E-state index in [1.807, 2.05) is 51.1 Å². The minimum atomic E-state index is 0.0405. The molecule has 1 heterocycles. The summed E-state index contributed by atoms with van der Waals surface area (Å²) < 4.78 is 0. The fourth-order valence-electron chi connectivity index (χ4n) is 1.75. The summed E-state index contributed by atoms with van der Waals surface area (Å²) in [4.78, 5) is 16.4. The zero-order valence-electron chi connectivity index (χ0n) is 10.3. The van der Waals surface area contributed by atoms with E-state index in [1.54, 1.807) is 6.20 Å². The summed E-state index contributed by atoms with van der Waals surface area (Å²) in [5.74, 6) is 0.0405. The smallest absolute Gasteiger partial charge is 0.194 e. The van der Waals surface area contributed by atoms with Crippen molar-refractivity contribution in [2.45, 2.75) is 20.8 Å². The van der Waals surface area contributed by atoms with Crippen LogP contribution in [0.4, 0.5) is 0 Å². The molecule has 2 heteroatoms. The van der Waals surface area contributed by atoms with Gasteiger partial charge >= 0.3 is 0 Å². The Morgan fingerprint density at radius 2 is 1.82 bits per heavy atom. The lowest BCUT2D eigenvalue weighted by Crippen LogP contribution is -2.05. The van der Waals surface area contributed by atoms with Gasteiger partial charge in [0.05, 0.1) is 0 Å². The van der Waals surface area contributed by atoms with Crippen molar-refractivity contribution >= 4 is 5.78 Å². The van der Waals surface area contributed by atoms with Gasteiger partial charge in [-0.2, -0.15) is 0 Å². The molecule has 0 aliphatic heterocycles. The minimum absolute atomic E-state index is 0.0405. The number of hydrogen-bond donors (Lipinski definition) is 0. The number of rotatable bonds is 2. The SMILES string of the molecule is Cc1ccc(C(=O)c2cccc(C)c2C)cn1. The lowest BCUT2D eigenvalue weighted by molar-refractivity contribution is 0.103. The summed E-state index contributed by atoms with van der Waals surface area (Å²) >= 11 is 0. The van der Waals surface area contributed by atoms with E-state index < -0.39 is 0 Å². The molecule has 1 aromatic heterocycles. The Morgan fingerprint density at radius 3 is 2.47 bits per heavy atom. The van der Waals surface area contributed by atoms with Crippen molar-refractivity contribution in [1.29, 1.82) is 0 Å². The van der Waals surface area contributed by atoms with Gasteiger partial charge in [-0.05, 0) is 44.0 Å². The molecular weight excluding hydrogens is 210 g/mol. The van der Waals surface area contributed by atoms with Gasteiger partial charge < -0.3 is 0 Å². The van der Waals surface area contributed by atoms with Crippen molar-refractivity contribution in [3.8, 4) is 0 Å². The molecule has 0 unspecified atom stereocenters. The first-order chi connectivity index (χ1) is 8.09. The molecule has 0 amide bonds. The summed E-state index contributed by atoms with van der Waals surface area (Å²) in [6, 6.07) is 9.48. The Hall–Kier alpha value is -1.96. The molecule has 0 bridgehead atoms. The molecule has 0 aliphatic rings. The summed E-state index contributed by atoms with van der Waals surface area (Å²) in [6.45, 7) is 5.90. The third-order valence-corrected chi connectivity index (χ3v) is 3.02. The van der Waals surface area contributed by atoms with E-state index in [1.165, 1.54) is 0 Å². The Kier molecular flexibility index (Phi) is 3.05. The van der Waals surface area contributed by atoms with E-state index in [2.05, 4.69) is 4.98 Å². The predicted octanol–water partition coefficient (Wildman–Crippen LogP) is 3.24. The van der Waals surface area contributed by atoms with Crippen LogP contribution in [0.25, 0.3) is 0 Å². The van der Waals surface area contributed by atoms with Gasteiger partial charge in [0.15, 0.2) is 5.78 Å². The van der Waals surface area contributed by atoms with Gasteiger partial charge in [-0.3, -0.25) is 9.78 Å². The van der Waals surface area contributed by atoms with Gasteiger partial charge in [-0.25, -0.2) is 0 Å². The quantitative estimate of drug-likeness (QED) is 0.734. The molecule has 0 spiro atoms. The van der Waals surface area contributed by atoms with Crippen LogP contribution in [-0.2, 0) is 0 Å². The Bertz CT molecular complexity index is 556. The number of aryl methyl sites for hydroxylation is 2. The second-order valence-electron chi connectivity index (χ2n) is 4.26. The Labute approximate surface area is 101 Å². The number of aromatic nitrogens is 1. The van der Waals surface area contributed by atoms with Crippen LogP contribution in [-0.4, -0.2) is 10.8 Å². The van der Waals surface area contributed by atoms with Crippen LogP contribution >= 0.6 is 0 Å². The van der Waals surface area contributed by atoms with Crippen LogP contribution in [0.3, 0.4) is 0 Å². The van der Waals surface area contributed by atoms with Crippen LogP contribution in [0, 0.1) is 20.8 Å². The van der Waals surface area contributed by atoms with Crippen molar-refractivity contribution < 1.29 is 4.79 Å². The van der Waals surface area contributed by atoms with Crippen LogP contribution in [0.15, 0.2) is 36.5 Å². The van der Waals surface area contributed by atoms with Crippen LogP contribution < -0.4 is 0 Å². The lowest BCUT2D eigenvalue weighted by atomic mass is 9.97. The van der Waals surface area contributed by atoms with Gasteiger partial charge in [0.2, 0.25) is 0 Å². The van der Waals surface area contributed by atoms with Crippen LogP contribution in [0.1, 0.15) is 32.7 Å². The van der Waals surface area contributed by atoms with Gasteiger partial charge in [-0.15, -0.1) is 0 Å². The zero-order chi connectivity index (χ0) is 12.4. The lowest BCUT2D eigenvalue weighted by Gasteiger charge is -2.07. The van der Waals surface area contributed by atoms with Crippen molar-refractivity contribution in [3.63, 3.8) is 0 Å². The molecule has 0 saturated heterocycles. The van der Waals surface area contributed by atoms with E-state index in [-0.39, 0.29) is 5.78 Å². The molecule has 17 heavy (non-hydrogen) atoms. The number of nitrogens with zero attached hydrogens (tertiary/aromatic N) is 1. The highest BCUT2D eigenvalue weighted by Gasteiger charge is 2.12. The summed E-state index contributed by atoms with van der Waals surface area (Å²) in [5, 5.41) is 0. The largest absolute Gasteiger partial charge is 0.289 e. The number of ketones is 1. The number of benzene rings is 1. The molecule has 2 nitrogen and oxygen atoms in total. The monoisotopic (exact) mass is 225 g/mol. The first-order valence-electron chi connectivity index (χ1n) is 5.63.